The van der Waals surface area contributed by atoms with E-state index in [1.54, 1.807) is 44.1 Å². The third kappa shape index (κ3) is 5.39. The number of rotatable bonds is 7. The third-order valence-corrected chi connectivity index (χ3v) is 6.35. The van der Waals surface area contributed by atoms with E-state index in [-0.39, 0.29) is 22.7 Å². The molecule has 0 bridgehead atoms. The minimum Gasteiger partial charge on any atom is -0.496 e. The molecule has 33 heavy (non-hydrogen) atoms. The molecule has 3 aromatic rings. The van der Waals surface area contributed by atoms with Gasteiger partial charge in [-0.25, -0.2) is 8.42 Å². The van der Waals surface area contributed by atoms with Crippen LogP contribution >= 0.6 is 0 Å². The van der Waals surface area contributed by atoms with E-state index in [2.05, 4.69) is 5.10 Å². The molecule has 10 heteroatoms. The summed E-state index contributed by atoms with van der Waals surface area (Å²) in [6.45, 7) is 2.15. The predicted molar refractivity (Wildman–Crippen MR) is 121 cm³/mol. The average Bonchev–Trinajstić information content (AvgIpc) is 3.11. The Balaban J connectivity index is 2.30. The summed E-state index contributed by atoms with van der Waals surface area (Å²) in [5.74, 6) is 0.561. The van der Waals surface area contributed by atoms with Gasteiger partial charge in [0.25, 0.3) is 0 Å². The molecule has 0 saturated heterocycles. The zero-order valence-electron chi connectivity index (χ0n) is 19.1. The van der Waals surface area contributed by atoms with Gasteiger partial charge in [-0.3, -0.25) is 4.68 Å². The lowest BCUT2D eigenvalue weighted by molar-refractivity contribution is -0.143. The van der Waals surface area contributed by atoms with Crippen LogP contribution in [0, 0.1) is 6.92 Å². The number of likely N-dealkylation sites (N-methyl/N-ethyl adjacent to an activating group) is 1. The summed E-state index contributed by atoms with van der Waals surface area (Å²) in [5.41, 5.74) is 0.641. The second-order valence-corrected chi connectivity index (χ2v) is 10.1. The molecule has 0 radical (unpaired) electrons. The molecule has 0 unspecified atom stereocenters. The highest BCUT2D eigenvalue weighted by atomic mass is 32.2. The van der Waals surface area contributed by atoms with Crippen LogP contribution in [0.15, 0.2) is 47.4 Å². The van der Waals surface area contributed by atoms with Crippen molar-refractivity contribution in [1.82, 2.24) is 14.7 Å². The van der Waals surface area contributed by atoms with Crippen LogP contribution in [0.25, 0.3) is 22.4 Å². The van der Waals surface area contributed by atoms with Crippen LogP contribution in [0.3, 0.4) is 0 Å². The third-order valence-electron chi connectivity index (χ3n) is 5.22. The first-order chi connectivity index (χ1) is 15.3. The molecular formula is C23H26F3N3O3S. The fraction of sp³-hybridized carbons (Fsp3) is 0.348. The Labute approximate surface area is 191 Å². The van der Waals surface area contributed by atoms with E-state index in [1.165, 1.54) is 31.4 Å². The standard InChI is InChI=1S/C23H26F3N3O3S/c1-15-14-17(8-11-19(15)32-4)20-21(16-6-9-18(10-7-16)33(5,30)31)27-29(13-12-28(2)3)22(20)23(24,25)26/h6-11,14H,12-13H2,1-5H3. The molecule has 0 amide bonds. The minimum atomic E-state index is -4.66. The molecule has 0 aliphatic carbocycles. The molecule has 0 saturated carbocycles. The Morgan fingerprint density at radius 1 is 1.06 bits per heavy atom. The van der Waals surface area contributed by atoms with Gasteiger partial charge in [-0.1, -0.05) is 18.2 Å². The molecule has 178 valence electrons. The normalized spacial score (nSPS) is 12.4. The number of hydrogen-bond acceptors (Lipinski definition) is 5. The maximum absolute atomic E-state index is 14.3. The first-order valence-corrected chi connectivity index (χ1v) is 12.0. The number of sulfone groups is 1. The van der Waals surface area contributed by atoms with Crippen LogP contribution in [0.2, 0.25) is 0 Å². The second-order valence-electron chi connectivity index (χ2n) is 8.08. The Hall–Kier alpha value is -2.85. The topological polar surface area (TPSA) is 64.4 Å². The van der Waals surface area contributed by atoms with E-state index < -0.39 is 21.7 Å². The molecule has 0 fully saturated rings. The summed E-state index contributed by atoms with van der Waals surface area (Å²) >= 11 is 0. The van der Waals surface area contributed by atoms with Gasteiger partial charge in [-0.15, -0.1) is 0 Å². The molecule has 1 aromatic heterocycles. The SMILES string of the molecule is COc1ccc(-c2c(-c3ccc(S(C)(=O)=O)cc3)nn(CCN(C)C)c2C(F)(F)F)cc1C. The number of benzene rings is 2. The number of aryl methyl sites for hydroxylation is 1. The highest BCUT2D eigenvalue weighted by Gasteiger charge is 2.40. The van der Waals surface area contributed by atoms with E-state index in [9.17, 15) is 21.6 Å². The lowest BCUT2D eigenvalue weighted by Gasteiger charge is -2.15. The van der Waals surface area contributed by atoms with Crippen molar-refractivity contribution in [1.29, 1.82) is 0 Å². The second kappa shape index (κ2) is 9.18. The molecule has 0 aliphatic rings. The van der Waals surface area contributed by atoms with Gasteiger partial charge in [0.05, 0.1) is 18.6 Å². The van der Waals surface area contributed by atoms with E-state index >= 15 is 0 Å². The van der Waals surface area contributed by atoms with Crippen molar-refractivity contribution in [2.75, 3.05) is 34.0 Å². The van der Waals surface area contributed by atoms with Gasteiger partial charge in [-0.2, -0.15) is 18.3 Å². The zero-order chi connectivity index (χ0) is 24.6. The number of methoxy groups -OCH3 is 1. The summed E-state index contributed by atoms with van der Waals surface area (Å²) in [5, 5.41) is 4.35. The van der Waals surface area contributed by atoms with Crippen molar-refractivity contribution in [3.63, 3.8) is 0 Å². The van der Waals surface area contributed by atoms with Gasteiger partial charge in [0, 0.05) is 23.9 Å². The number of hydrogen-bond donors (Lipinski definition) is 0. The molecule has 0 spiro atoms. The monoisotopic (exact) mass is 481 g/mol. The van der Waals surface area contributed by atoms with Crippen molar-refractivity contribution in [3.05, 3.63) is 53.7 Å². The molecule has 0 atom stereocenters. The summed E-state index contributed by atoms with van der Waals surface area (Å²) in [6, 6.07) is 10.5. The highest BCUT2D eigenvalue weighted by molar-refractivity contribution is 7.90. The quantitative estimate of drug-likeness (QED) is 0.497. The van der Waals surface area contributed by atoms with E-state index in [0.717, 1.165) is 10.9 Å². The van der Waals surface area contributed by atoms with Crippen LogP contribution in [0.5, 0.6) is 5.75 Å². The molecule has 6 nitrogen and oxygen atoms in total. The van der Waals surface area contributed by atoms with Crippen molar-refractivity contribution < 1.29 is 26.3 Å². The zero-order valence-corrected chi connectivity index (χ0v) is 19.9. The summed E-state index contributed by atoms with van der Waals surface area (Å²) in [4.78, 5) is 1.86. The summed E-state index contributed by atoms with van der Waals surface area (Å²) in [6.07, 6.45) is -3.58. The first kappa shape index (κ1) is 24.8. The van der Waals surface area contributed by atoms with Gasteiger partial charge >= 0.3 is 6.18 Å². The Morgan fingerprint density at radius 2 is 1.67 bits per heavy atom. The highest BCUT2D eigenvalue weighted by Crippen LogP contribution is 2.43. The Kier molecular flexibility index (Phi) is 6.90. The number of ether oxygens (including phenoxy) is 1. The van der Waals surface area contributed by atoms with E-state index in [1.807, 2.05) is 0 Å². The molecule has 3 rings (SSSR count). The number of alkyl halides is 3. The molecular weight excluding hydrogens is 455 g/mol. The van der Waals surface area contributed by atoms with Crippen molar-refractivity contribution >= 4 is 9.84 Å². The summed E-state index contributed by atoms with van der Waals surface area (Å²) in [7, 11) is 1.60. The smallest absolute Gasteiger partial charge is 0.433 e. The van der Waals surface area contributed by atoms with Gasteiger partial charge in [-0.05, 0) is 56.4 Å². The van der Waals surface area contributed by atoms with Gasteiger partial charge in [0.1, 0.15) is 11.4 Å². The van der Waals surface area contributed by atoms with E-state index in [4.69, 9.17) is 4.74 Å². The van der Waals surface area contributed by atoms with Crippen LogP contribution in [-0.4, -0.2) is 57.1 Å². The fourth-order valence-corrected chi connectivity index (χ4v) is 4.21. The number of halogens is 3. The maximum atomic E-state index is 14.3. The Bertz CT molecular complexity index is 1250. The van der Waals surface area contributed by atoms with Crippen LogP contribution in [0.1, 0.15) is 11.3 Å². The van der Waals surface area contributed by atoms with Gasteiger partial charge in [0.15, 0.2) is 15.5 Å². The van der Waals surface area contributed by atoms with Crippen LogP contribution in [-0.2, 0) is 22.6 Å². The molecule has 0 aliphatic heterocycles. The number of nitrogens with zero attached hydrogens (tertiary/aromatic N) is 3. The van der Waals surface area contributed by atoms with Crippen molar-refractivity contribution in [2.24, 2.45) is 0 Å². The van der Waals surface area contributed by atoms with Gasteiger partial charge < -0.3 is 9.64 Å². The molecule has 1 heterocycles. The molecule has 2 aromatic carbocycles. The lowest BCUT2D eigenvalue weighted by Crippen LogP contribution is -2.23. The first-order valence-electron chi connectivity index (χ1n) is 10.1. The average molecular weight is 482 g/mol. The van der Waals surface area contributed by atoms with Crippen LogP contribution < -0.4 is 4.74 Å². The largest absolute Gasteiger partial charge is 0.496 e. The van der Waals surface area contributed by atoms with Crippen molar-refractivity contribution in [2.45, 2.75) is 24.5 Å². The summed E-state index contributed by atoms with van der Waals surface area (Å²) < 4.78 is 72.9. The Morgan fingerprint density at radius 3 is 2.15 bits per heavy atom. The van der Waals surface area contributed by atoms with Crippen LogP contribution in [0.4, 0.5) is 13.2 Å². The van der Waals surface area contributed by atoms with Crippen molar-refractivity contribution in [3.8, 4) is 28.1 Å². The minimum absolute atomic E-state index is 0.0331. The maximum Gasteiger partial charge on any atom is 0.433 e. The predicted octanol–water partition coefficient (Wildman–Crippen LogP) is 4.52. The van der Waals surface area contributed by atoms with Gasteiger partial charge in [0.2, 0.25) is 0 Å². The fourth-order valence-electron chi connectivity index (χ4n) is 3.58. The molecule has 0 N–H and O–H groups in total. The van der Waals surface area contributed by atoms with E-state index in [0.29, 0.717) is 29.0 Å². The lowest BCUT2D eigenvalue weighted by atomic mass is 9.97. The number of aromatic nitrogens is 2.